The lowest BCUT2D eigenvalue weighted by Gasteiger charge is -2.18. The van der Waals surface area contributed by atoms with Crippen molar-refractivity contribution >= 4 is 5.57 Å². The first-order valence-electron chi connectivity index (χ1n) is 7.99. The Balaban J connectivity index is 2.10. The van der Waals surface area contributed by atoms with Crippen LogP contribution in [0.4, 0.5) is 0 Å². The zero-order valence-corrected chi connectivity index (χ0v) is 13.7. The molecule has 0 spiro atoms. The van der Waals surface area contributed by atoms with Crippen molar-refractivity contribution in [2.24, 2.45) is 0 Å². The molecule has 0 amide bonds. The predicted molar refractivity (Wildman–Crippen MR) is 91.3 cm³/mol. The van der Waals surface area contributed by atoms with Crippen LogP contribution in [0.1, 0.15) is 62.8 Å². The summed E-state index contributed by atoms with van der Waals surface area (Å²) in [5.41, 5.74) is 6.04. The van der Waals surface area contributed by atoms with Crippen LogP contribution < -0.4 is 0 Å². The number of hydrogen-bond donors (Lipinski definition) is 0. The summed E-state index contributed by atoms with van der Waals surface area (Å²) < 4.78 is 1.96. The summed E-state index contributed by atoms with van der Waals surface area (Å²) in [6.45, 7) is 8.91. The Labute approximate surface area is 132 Å². The van der Waals surface area contributed by atoms with E-state index < -0.39 is 0 Å². The average molecular weight is 293 g/mol. The molecule has 0 aliphatic heterocycles. The van der Waals surface area contributed by atoms with E-state index in [0.717, 1.165) is 12.1 Å². The minimum Gasteiger partial charge on any atom is -0.220 e. The lowest BCUT2D eigenvalue weighted by molar-refractivity contribution is 0.742. The quantitative estimate of drug-likeness (QED) is 0.806. The molecule has 3 nitrogen and oxygen atoms in total. The van der Waals surface area contributed by atoms with Gasteiger partial charge in [0, 0.05) is 0 Å². The van der Waals surface area contributed by atoms with Crippen LogP contribution in [0.5, 0.6) is 0 Å². The number of hydrogen-bond acceptors (Lipinski definition) is 2. The molecule has 0 N–H and O–H groups in total. The summed E-state index contributed by atoms with van der Waals surface area (Å²) in [5, 5.41) is 8.80. The normalized spacial score (nSPS) is 14.2. The molecule has 0 saturated carbocycles. The second-order valence-corrected chi connectivity index (χ2v) is 6.47. The molecular weight excluding hydrogens is 270 g/mol. The second kappa shape index (κ2) is 5.91. The smallest absolute Gasteiger partial charge is 0.109 e. The summed E-state index contributed by atoms with van der Waals surface area (Å²) in [6.07, 6.45) is 9.35. The van der Waals surface area contributed by atoms with Gasteiger partial charge >= 0.3 is 0 Å². The highest BCUT2D eigenvalue weighted by Crippen LogP contribution is 2.31. The molecule has 0 fully saturated rings. The van der Waals surface area contributed by atoms with Gasteiger partial charge in [0.25, 0.3) is 0 Å². The summed E-state index contributed by atoms with van der Waals surface area (Å²) >= 11 is 0. The van der Waals surface area contributed by atoms with Gasteiger partial charge in [-0.3, -0.25) is 0 Å². The monoisotopic (exact) mass is 293 g/mol. The van der Waals surface area contributed by atoms with Gasteiger partial charge in [-0.15, -0.1) is 5.10 Å². The van der Waals surface area contributed by atoms with Crippen molar-refractivity contribution in [3.63, 3.8) is 0 Å². The molecule has 0 unspecified atom stereocenters. The maximum Gasteiger partial charge on any atom is 0.109 e. The van der Waals surface area contributed by atoms with Crippen molar-refractivity contribution in [1.29, 1.82) is 0 Å². The Hall–Kier alpha value is -2.16. The third-order valence-corrected chi connectivity index (χ3v) is 4.17. The number of para-hydroxylation sites is 1. The van der Waals surface area contributed by atoms with Gasteiger partial charge in [0.05, 0.1) is 11.9 Å². The molecule has 1 aromatic heterocycles. The summed E-state index contributed by atoms with van der Waals surface area (Å²) in [7, 11) is 0. The van der Waals surface area contributed by atoms with Gasteiger partial charge in [0.1, 0.15) is 5.69 Å². The fraction of sp³-hybridized carbons (Fsp3) is 0.368. The van der Waals surface area contributed by atoms with Crippen LogP contribution in [-0.4, -0.2) is 15.0 Å². The number of benzene rings is 1. The topological polar surface area (TPSA) is 30.7 Å². The number of allylic oxidation sites excluding steroid dienone is 4. The molecule has 3 heteroatoms. The number of aromatic nitrogens is 3. The van der Waals surface area contributed by atoms with Crippen molar-refractivity contribution in [2.45, 2.75) is 46.0 Å². The molecule has 0 bridgehead atoms. The third kappa shape index (κ3) is 2.63. The molecule has 1 aliphatic rings. The maximum atomic E-state index is 4.42. The van der Waals surface area contributed by atoms with Crippen molar-refractivity contribution in [1.82, 2.24) is 15.0 Å². The SMILES string of the molecule is CC(C)c1cccc(C(C)C)c1-n1cc(C2=CC=CC2)nn1. The molecule has 1 aromatic carbocycles. The van der Waals surface area contributed by atoms with Gasteiger partial charge in [0.15, 0.2) is 0 Å². The van der Waals surface area contributed by atoms with Crippen LogP contribution in [-0.2, 0) is 0 Å². The molecule has 0 radical (unpaired) electrons. The van der Waals surface area contributed by atoms with Gasteiger partial charge in [-0.1, -0.05) is 69.3 Å². The predicted octanol–water partition coefficient (Wildman–Crippen LogP) is 4.86. The van der Waals surface area contributed by atoms with E-state index in [0.29, 0.717) is 11.8 Å². The standard InChI is InChI=1S/C19H23N3/c1-13(2)16-10-7-11-17(14(3)4)19(16)22-12-18(20-21-22)15-8-5-6-9-15/h5-8,10-14H,9H2,1-4H3. The van der Waals surface area contributed by atoms with E-state index in [4.69, 9.17) is 0 Å². The maximum absolute atomic E-state index is 4.42. The largest absolute Gasteiger partial charge is 0.220 e. The molecule has 22 heavy (non-hydrogen) atoms. The minimum absolute atomic E-state index is 0.453. The Morgan fingerprint density at radius 3 is 2.27 bits per heavy atom. The van der Waals surface area contributed by atoms with E-state index >= 15 is 0 Å². The fourth-order valence-electron chi connectivity index (χ4n) is 2.93. The highest BCUT2D eigenvalue weighted by molar-refractivity contribution is 5.68. The zero-order valence-electron chi connectivity index (χ0n) is 13.7. The average Bonchev–Trinajstić information content (AvgIpc) is 3.17. The molecule has 114 valence electrons. The summed E-state index contributed by atoms with van der Waals surface area (Å²) in [6, 6.07) is 6.54. The Kier molecular flexibility index (Phi) is 3.97. The van der Waals surface area contributed by atoms with Gasteiger partial charge in [-0.2, -0.15) is 0 Å². The van der Waals surface area contributed by atoms with Crippen LogP contribution in [0.2, 0.25) is 0 Å². The Bertz CT molecular complexity index is 707. The number of nitrogens with zero attached hydrogens (tertiary/aromatic N) is 3. The van der Waals surface area contributed by atoms with Crippen LogP contribution in [0.25, 0.3) is 11.3 Å². The molecule has 2 aromatic rings. The van der Waals surface area contributed by atoms with Crippen molar-refractivity contribution in [2.75, 3.05) is 0 Å². The van der Waals surface area contributed by atoms with Crippen molar-refractivity contribution in [3.05, 3.63) is 59.4 Å². The van der Waals surface area contributed by atoms with Crippen LogP contribution in [0, 0.1) is 0 Å². The molecule has 1 heterocycles. The third-order valence-electron chi connectivity index (χ3n) is 4.17. The Morgan fingerprint density at radius 1 is 1.05 bits per heavy atom. The molecule has 0 atom stereocenters. The van der Waals surface area contributed by atoms with Crippen LogP contribution in [0.3, 0.4) is 0 Å². The minimum atomic E-state index is 0.453. The molecule has 3 rings (SSSR count). The number of rotatable bonds is 4. The first kappa shape index (κ1) is 14.8. The van der Waals surface area contributed by atoms with Crippen molar-refractivity contribution in [3.8, 4) is 5.69 Å². The summed E-state index contributed by atoms with van der Waals surface area (Å²) in [4.78, 5) is 0. The highest BCUT2D eigenvalue weighted by atomic mass is 15.4. The van der Waals surface area contributed by atoms with Crippen LogP contribution in [0.15, 0.2) is 42.6 Å². The molecular formula is C19H23N3. The second-order valence-electron chi connectivity index (χ2n) is 6.47. The van der Waals surface area contributed by atoms with Gasteiger partial charge < -0.3 is 0 Å². The lowest BCUT2D eigenvalue weighted by Crippen LogP contribution is -2.07. The van der Waals surface area contributed by atoms with E-state index in [2.05, 4.69) is 80.6 Å². The zero-order chi connectivity index (χ0) is 15.7. The van der Waals surface area contributed by atoms with Crippen LogP contribution >= 0.6 is 0 Å². The molecule has 0 saturated heterocycles. The van der Waals surface area contributed by atoms with E-state index in [1.165, 1.54) is 22.4 Å². The van der Waals surface area contributed by atoms with Gasteiger partial charge in [-0.25, -0.2) is 4.68 Å². The Morgan fingerprint density at radius 2 is 1.73 bits per heavy atom. The summed E-state index contributed by atoms with van der Waals surface area (Å²) in [5.74, 6) is 0.905. The van der Waals surface area contributed by atoms with E-state index in [1.54, 1.807) is 0 Å². The van der Waals surface area contributed by atoms with E-state index in [9.17, 15) is 0 Å². The van der Waals surface area contributed by atoms with Crippen molar-refractivity contribution < 1.29 is 0 Å². The fourth-order valence-corrected chi connectivity index (χ4v) is 2.93. The first-order valence-corrected chi connectivity index (χ1v) is 7.99. The van der Waals surface area contributed by atoms with Gasteiger partial charge in [-0.05, 0) is 35.0 Å². The highest BCUT2D eigenvalue weighted by Gasteiger charge is 2.17. The van der Waals surface area contributed by atoms with Gasteiger partial charge in [0.2, 0.25) is 0 Å². The first-order chi connectivity index (χ1) is 10.6. The molecule has 1 aliphatic carbocycles. The van der Waals surface area contributed by atoms with E-state index in [-0.39, 0.29) is 0 Å². The van der Waals surface area contributed by atoms with E-state index in [1.807, 2.05) is 4.68 Å². The lowest BCUT2D eigenvalue weighted by atomic mass is 9.93.